The van der Waals surface area contributed by atoms with Gasteiger partial charge in [-0.15, -0.1) is 10.2 Å². The van der Waals surface area contributed by atoms with E-state index in [9.17, 15) is 0 Å². The Morgan fingerprint density at radius 3 is 2.80 bits per heavy atom. The van der Waals surface area contributed by atoms with E-state index in [1.54, 1.807) is 18.2 Å². The van der Waals surface area contributed by atoms with Crippen molar-refractivity contribution in [3.05, 3.63) is 34.1 Å². The van der Waals surface area contributed by atoms with Crippen LogP contribution < -0.4 is 4.74 Å². The van der Waals surface area contributed by atoms with Gasteiger partial charge in [-0.05, 0) is 12.1 Å². The molecule has 0 radical (unpaired) electrons. The Hall–Kier alpha value is -1.33. The van der Waals surface area contributed by atoms with Gasteiger partial charge in [-0.25, -0.2) is 0 Å². The minimum Gasteiger partial charge on any atom is -0.485 e. The number of ether oxygens (including phenoxy) is 1. The van der Waals surface area contributed by atoms with Gasteiger partial charge in [0, 0.05) is 6.07 Å². The Labute approximate surface area is 95.3 Å². The Balaban J connectivity index is 2.02. The predicted molar refractivity (Wildman–Crippen MR) is 55.0 cm³/mol. The molecule has 1 aromatic carbocycles. The van der Waals surface area contributed by atoms with Gasteiger partial charge in [0.15, 0.2) is 6.61 Å². The second kappa shape index (κ2) is 4.46. The summed E-state index contributed by atoms with van der Waals surface area (Å²) in [6, 6.07) is 5.01. The van der Waals surface area contributed by atoms with Gasteiger partial charge in [0.05, 0.1) is 10.0 Å². The molecule has 2 aromatic rings. The molecule has 0 saturated heterocycles. The highest BCUT2D eigenvalue weighted by molar-refractivity contribution is 6.42. The summed E-state index contributed by atoms with van der Waals surface area (Å²) in [6.45, 7) is 0.231. The largest absolute Gasteiger partial charge is 0.485 e. The molecule has 0 unspecified atom stereocenters. The lowest BCUT2D eigenvalue weighted by molar-refractivity contribution is 0.296. The van der Waals surface area contributed by atoms with E-state index in [2.05, 4.69) is 20.6 Å². The fraction of sp³-hybridized carbons (Fsp3) is 0.125. The number of aromatic nitrogens is 4. The molecule has 0 amide bonds. The molecule has 1 heterocycles. The molecule has 0 atom stereocenters. The number of rotatable bonds is 3. The SMILES string of the molecule is Clc1ccc(OCc2nn[nH]n2)cc1Cl. The van der Waals surface area contributed by atoms with Crippen LogP contribution in [0.1, 0.15) is 5.82 Å². The number of benzene rings is 1. The summed E-state index contributed by atoms with van der Waals surface area (Å²) in [5.41, 5.74) is 0. The van der Waals surface area contributed by atoms with Crippen molar-refractivity contribution in [1.82, 2.24) is 20.6 Å². The van der Waals surface area contributed by atoms with Crippen molar-refractivity contribution in [2.45, 2.75) is 6.61 Å². The lowest BCUT2D eigenvalue weighted by Crippen LogP contribution is -1.97. The molecule has 0 aliphatic rings. The van der Waals surface area contributed by atoms with Crippen LogP contribution in [-0.2, 0) is 6.61 Å². The van der Waals surface area contributed by atoms with Crippen LogP contribution >= 0.6 is 23.2 Å². The first-order valence-electron chi connectivity index (χ1n) is 4.06. The first-order valence-corrected chi connectivity index (χ1v) is 4.81. The zero-order valence-corrected chi connectivity index (χ0v) is 8.96. The van der Waals surface area contributed by atoms with E-state index in [0.29, 0.717) is 21.6 Å². The molecule has 0 fully saturated rings. The van der Waals surface area contributed by atoms with Crippen molar-refractivity contribution in [2.75, 3.05) is 0 Å². The Kier molecular flexibility index (Phi) is 3.03. The van der Waals surface area contributed by atoms with Crippen LogP contribution in [0.5, 0.6) is 5.75 Å². The van der Waals surface area contributed by atoms with E-state index >= 15 is 0 Å². The maximum atomic E-state index is 5.81. The van der Waals surface area contributed by atoms with Crippen LogP contribution in [0.3, 0.4) is 0 Å². The van der Waals surface area contributed by atoms with E-state index in [-0.39, 0.29) is 6.61 Å². The van der Waals surface area contributed by atoms with E-state index in [0.717, 1.165) is 0 Å². The quantitative estimate of drug-likeness (QED) is 0.899. The highest BCUT2D eigenvalue weighted by atomic mass is 35.5. The van der Waals surface area contributed by atoms with E-state index in [4.69, 9.17) is 27.9 Å². The van der Waals surface area contributed by atoms with Crippen LogP contribution in [0.4, 0.5) is 0 Å². The van der Waals surface area contributed by atoms with E-state index < -0.39 is 0 Å². The minimum atomic E-state index is 0.231. The molecule has 0 spiro atoms. The van der Waals surface area contributed by atoms with Crippen LogP contribution in [0, 0.1) is 0 Å². The summed E-state index contributed by atoms with van der Waals surface area (Å²) < 4.78 is 5.36. The van der Waals surface area contributed by atoms with Crippen molar-refractivity contribution in [3.63, 3.8) is 0 Å². The summed E-state index contributed by atoms with van der Waals surface area (Å²) in [4.78, 5) is 0. The first kappa shape index (κ1) is 10.2. The fourth-order valence-electron chi connectivity index (χ4n) is 0.958. The summed E-state index contributed by atoms with van der Waals surface area (Å²) in [5.74, 6) is 1.08. The maximum Gasteiger partial charge on any atom is 0.211 e. The average molecular weight is 245 g/mol. The van der Waals surface area contributed by atoms with Crippen molar-refractivity contribution < 1.29 is 4.74 Å². The smallest absolute Gasteiger partial charge is 0.211 e. The summed E-state index contributed by atoms with van der Waals surface area (Å²) in [7, 11) is 0. The molecule has 5 nitrogen and oxygen atoms in total. The predicted octanol–water partition coefficient (Wildman–Crippen LogP) is 2.09. The average Bonchev–Trinajstić information content (AvgIpc) is 2.73. The maximum absolute atomic E-state index is 5.81. The second-order valence-corrected chi connectivity index (χ2v) is 3.51. The number of tetrazole rings is 1. The number of nitrogens with zero attached hydrogens (tertiary/aromatic N) is 3. The van der Waals surface area contributed by atoms with Crippen LogP contribution in [-0.4, -0.2) is 20.6 Å². The highest BCUT2D eigenvalue weighted by Crippen LogP contribution is 2.26. The van der Waals surface area contributed by atoms with Gasteiger partial charge in [0.25, 0.3) is 0 Å². The van der Waals surface area contributed by atoms with Crippen molar-refractivity contribution in [2.24, 2.45) is 0 Å². The fourth-order valence-corrected chi connectivity index (χ4v) is 1.25. The molecule has 2 rings (SSSR count). The van der Waals surface area contributed by atoms with Gasteiger partial charge in [0.1, 0.15) is 5.75 Å². The van der Waals surface area contributed by atoms with Gasteiger partial charge in [-0.2, -0.15) is 5.21 Å². The zero-order valence-electron chi connectivity index (χ0n) is 7.44. The van der Waals surface area contributed by atoms with Crippen molar-refractivity contribution in [1.29, 1.82) is 0 Å². The van der Waals surface area contributed by atoms with Crippen LogP contribution in [0.2, 0.25) is 10.0 Å². The molecule has 1 aromatic heterocycles. The van der Waals surface area contributed by atoms with Crippen molar-refractivity contribution >= 4 is 23.2 Å². The standard InChI is InChI=1S/C8H6Cl2N4O/c9-6-2-1-5(3-7(6)10)15-4-8-11-13-14-12-8/h1-3H,4H2,(H,11,12,13,14). The molecule has 1 N–H and O–H groups in total. The topological polar surface area (TPSA) is 63.7 Å². The number of hydrogen-bond acceptors (Lipinski definition) is 4. The molecular weight excluding hydrogens is 239 g/mol. The van der Waals surface area contributed by atoms with Crippen LogP contribution in [0.25, 0.3) is 0 Å². The minimum absolute atomic E-state index is 0.231. The number of halogens is 2. The third-order valence-corrected chi connectivity index (χ3v) is 2.39. The summed E-state index contributed by atoms with van der Waals surface area (Å²) in [5, 5.41) is 14.1. The number of H-pyrrole nitrogens is 1. The number of nitrogens with one attached hydrogen (secondary N) is 1. The third kappa shape index (κ3) is 2.57. The Bertz CT molecular complexity index is 446. The normalized spacial score (nSPS) is 10.3. The third-order valence-electron chi connectivity index (χ3n) is 1.65. The van der Waals surface area contributed by atoms with Gasteiger partial charge >= 0.3 is 0 Å². The molecule has 0 bridgehead atoms. The monoisotopic (exact) mass is 244 g/mol. The second-order valence-electron chi connectivity index (χ2n) is 2.69. The van der Waals surface area contributed by atoms with Gasteiger partial charge < -0.3 is 4.74 Å². The highest BCUT2D eigenvalue weighted by Gasteiger charge is 2.02. The lowest BCUT2D eigenvalue weighted by Gasteiger charge is -2.03. The lowest BCUT2D eigenvalue weighted by atomic mass is 10.3. The zero-order chi connectivity index (χ0) is 10.7. The molecular formula is C8H6Cl2N4O. The van der Waals surface area contributed by atoms with Crippen molar-refractivity contribution in [3.8, 4) is 5.75 Å². The Morgan fingerprint density at radius 1 is 1.27 bits per heavy atom. The summed E-state index contributed by atoms with van der Waals surface area (Å²) in [6.07, 6.45) is 0. The molecule has 7 heteroatoms. The van der Waals surface area contributed by atoms with Crippen LogP contribution in [0.15, 0.2) is 18.2 Å². The van der Waals surface area contributed by atoms with Gasteiger partial charge in [0.2, 0.25) is 5.82 Å². The molecule has 78 valence electrons. The van der Waals surface area contributed by atoms with E-state index in [1.165, 1.54) is 0 Å². The van der Waals surface area contributed by atoms with Gasteiger partial charge in [-0.1, -0.05) is 28.4 Å². The Morgan fingerprint density at radius 2 is 2.13 bits per heavy atom. The molecule has 0 aliphatic carbocycles. The molecule has 15 heavy (non-hydrogen) atoms. The van der Waals surface area contributed by atoms with Gasteiger partial charge in [-0.3, -0.25) is 0 Å². The first-order chi connectivity index (χ1) is 7.25. The number of aromatic amines is 1. The molecule has 0 aliphatic heterocycles. The van der Waals surface area contributed by atoms with E-state index in [1.807, 2.05) is 0 Å². The molecule has 0 saturated carbocycles. The summed E-state index contributed by atoms with van der Waals surface area (Å²) >= 11 is 11.6. The number of hydrogen-bond donors (Lipinski definition) is 1.